The molecule has 181 valence electrons. The van der Waals surface area contributed by atoms with Crippen molar-refractivity contribution >= 4 is 35.2 Å². The average molecular weight is 663 g/mol. The van der Waals surface area contributed by atoms with Crippen LogP contribution in [0.3, 0.4) is 0 Å². The summed E-state index contributed by atoms with van der Waals surface area (Å²) in [5.41, 5.74) is 5.60. The Morgan fingerprint density at radius 1 is 0.694 bits per heavy atom. The van der Waals surface area contributed by atoms with Crippen molar-refractivity contribution in [3.63, 3.8) is 0 Å². The molecule has 0 saturated heterocycles. The Balaban J connectivity index is 0.000000167. The number of aromatic nitrogens is 2. The van der Waals surface area contributed by atoms with E-state index in [2.05, 4.69) is 59.9 Å². The van der Waals surface area contributed by atoms with E-state index >= 15 is 0 Å². The predicted molar refractivity (Wildman–Crippen MR) is 147 cm³/mol. The number of hydrogen-bond donors (Lipinski definition) is 0. The number of benzene rings is 3. The monoisotopic (exact) mass is 663 g/mol. The minimum absolute atomic E-state index is 0. The first-order valence-corrected chi connectivity index (χ1v) is 15.2. The van der Waals surface area contributed by atoms with Gasteiger partial charge in [-0.3, -0.25) is 0 Å². The molecule has 6 rings (SSSR count). The Morgan fingerprint density at radius 3 is 2.19 bits per heavy atom. The molecule has 1 radical (unpaired) electrons. The topological polar surface area (TPSA) is 38.9 Å². The molecule has 3 heterocycles. The van der Waals surface area contributed by atoms with Crippen LogP contribution in [-0.2, 0) is 20.1 Å². The second-order valence-electron chi connectivity index (χ2n) is 9.37. The fourth-order valence-electron chi connectivity index (χ4n) is 3.94. The van der Waals surface area contributed by atoms with Crippen molar-refractivity contribution in [3.05, 3.63) is 116 Å². The third kappa shape index (κ3) is 5.54. The zero-order valence-electron chi connectivity index (χ0n) is 20.5. The third-order valence-corrected chi connectivity index (χ3v) is 7.90. The molecule has 0 unspecified atom stereocenters. The molecule has 0 aliphatic carbocycles. The Morgan fingerprint density at radius 2 is 1.50 bits per heavy atom. The van der Waals surface area contributed by atoms with Gasteiger partial charge in [-0.25, -0.2) is 0 Å². The van der Waals surface area contributed by atoms with Crippen LogP contribution in [0.5, 0.6) is 0 Å². The molecule has 3 aromatic carbocycles. The molecular weight excluding hydrogens is 637 g/mol. The minimum Gasteiger partial charge on any atom is -0.501 e. The number of nitrogens with zero attached hydrogens (tertiary/aromatic N) is 2. The van der Waals surface area contributed by atoms with E-state index in [-0.39, 0.29) is 20.1 Å². The standard InChI is InChI=1S/C17H10NO.C14H16NSi.Ir/c1-2-10-16-12(6-1)13-7-5-8-14(17(13)19-16)15-9-3-4-11-18-15;1-16(2,3)13-9-10-14(15-11-13)12-7-5-4-6-8-12;/h1-7,9-11H;4-7,9-11H,1-3H3;/q2*-1;. The van der Waals surface area contributed by atoms with Gasteiger partial charge in [0.1, 0.15) is 5.58 Å². The van der Waals surface area contributed by atoms with E-state index in [1.165, 1.54) is 5.19 Å². The number of fused-ring (bicyclic) bond motifs is 3. The van der Waals surface area contributed by atoms with Gasteiger partial charge in [-0.2, -0.15) is 0 Å². The summed E-state index contributed by atoms with van der Waals surface area (Å²) in [5.74, 6) is 0. The van der Waals surface area contributed by atoms with Crippen molar-refractivity contribution in [2.45, 2.75) is 19.6 Å². The van der Waals surface area contributed by atoms with Crippen LogP contribution in [0.2, 0.25) is 19.6 Å². The zero-order valence-corrected chi connectivity index (χ0v) is 23.8. The zero-order chi connectivity index (χ0) is 24.3. The SMILES string of the molecule is C[Si](C)(C)c1ccc(-c2[c-]cccc2)nc1.[Ir].[c-]1ccc2c(oc3ccccc32)c1-c1ccccn1. The van der Waals surface area contributed by atoms with Gasteiger partial charge in [0.05, 0.1) is 13.7 Å². The van der Waals surface area contributed by atoms with Crippen LogP contribution in [0.1, 0.15) is 0 Å². The van der Waals surface area contributed by atoms with Gasteiger partial charge in [0, 0.05) is 37.9 Å². The predicted octanol–water partition coefficient (Wildman–Crippen LogP) is 7.54. The molecule has 0 aliphatic rings. The van der Waals surface area contributed by atoms with E-state index < -0.39 is 8.07 Å². The summed E-state index contributed by atoms with van der Waals surface area (Å²) in [6, 6.07) is 36.5. The second kappa shape index (κ2) is 11.1. The normalized spacial score (nSPS) is 11.0. The third-order valence-electron chi connectivity index (χ3n) is 5.87. The van der Waals surface area contributed by atoms with Crippen LogP contribution in [0, 0.1) is 12.1 Å². The molecule has 5 heteroatoms. The molecule has 3 aromatic heterocycles. The average Bonchev–Trinajstić information content (AvgIpc) is 3.29. The van der Waals surface area contributed by atoms with E-state index in [0.29, 0.717) is 0 Å². The van der Waals surface area contributed by atoms with Crippen LogP contribution in [-0.4, -0.2) is 18.0 Å². The van der Waals surface area contributed by atoms with E-state index in [9.17, 15) is 0 Å². The molecule has 0 amide bonds. The number of hydrogen-bond acceptors (Lipinski definition) is 3. The summed E-state index contributed by atoms with van der Waals surface area (Å²) in [6.45, 7) is 7.00. The van der Waals surface area contributed by atoms with E-state index in [1.54, 1.807) is 6.20 Å². The quantitative estimate of drug-likeness (QED) is 0.145. The van der Waals surface area contributed by atoms with Gasteiger partial charge in [-0.15, -0.1) is 54.1 Å². The van der Waals surface area contributed by atoms with Gasteiger partial charge >= 0.3 is 0 Å². The first-order valence-electron chi connectivity index (χ1n) is 11.7. The first kappa shape index (κ1) is 25.7. The minimum atomic E-state index is -1.23. The van der Waals surface area contributed by atoms with Gasteiger partial charge in [0.2, 0.25) is 0 Å². The molecule has 0 aliphatic heterocycles. The summed E-state index contributed by atoms with van der Waals surface area (Å²) in [7, 11) is -1.23. The van der Waals surface area contributed by atoms with Crippen molar-refractivity contribution in [1.82, 2.24) is 9.97 Å². The van der Waals surface area contributed by atoms with Crippen molar-refractivity contribution in [1.29, 1.82) is 0 Å². The van der Waals surface area contributed by atoms with Gasteiger partial charge in [-0.1, -0.05) is 73.1 Å². The number of para-hydroxylation sites is 1. The van der Waals surface area contributed by atoms with Crippen LogP contribution in [0.4, 0.5) is 0 Å². The van der Waals surface area contributed by atoms with Crippen molar-refractivity contribution in [2.75, 3.05) is 0 Å². The Bertz CT molecular complexity index is 1560. The maximum atomic E-state index is 5.97. The molecule has 3 nitrogen and oxygen atoms in total. The van der Waals surface area contributed by atoms with Crippen molar-refractivity contribution in [3.8, 4) is 22.5 Å². The van der Waals surface area contributed by atoms with Gasteiger partial charge in [0.25, 0.3) is 0 Å². The summed E-state index contributed by atoms with van der Waals surface area (Å²) < 4.78 is 5.97. The van der Waals surface area contributed by atoms with Crippen LogP contribution in [0.25, 0.3) is 44.5 Å². The van der Waals surface area contributed by atoms with Gasteiger partial charge in [0.15, 0.2) is 0 Å². The molecule has 0 bridgehead atoms. The largest absolute Gasteiger partial charge is 0.501 e. The molecule has 6 aromatic rings. The van der Waals surface area contributed by atoms with E-state index in [4.69, 9.17) is 4.42 Å². The molecule has 0 N–H and O–H groups in total. The first-order chi connectivity index (χ1) is 17.0. The van der Waals surface area contributed by atoms with Crippen molar-refractivity contribution in [2.24, 2.45) is 0 Å². The molecule has 0 atom stereocenters. The fourth-order valence-corrected chi connectivity index (χ4v) is 4.98. The van der Waals surface area contributed by atoms with Crippen LogP contribution in [0.15, 0.2) is 108 Å². The molecular formula is C31H26IrN2OSi-2. The maximum Gasteiger partial charge on any atom is 0.120 e. The second-order valence-corrected chi connectivity index (χ2v) is 14.4. The molecule has 0 fully saturated rings. The maximum absolute atomic E-state index is 5.97. The van der Waals surface area contributed by atoms with Gasteiger partial charge in [-0.05, 0) is 28.7 Å². The summed E-state index contributed by atoms with van der Waals surface area (Å²) >= 11 is 0. The van der Waals surface area contributed by atoms with Crippen LogP contribution >= 0.6 is 0 Å². The van der Waals surface area contributed by atoms with Crippen LogP contribution < -0.4 is 5.19 Å². The Kier molecular flexibility index (Phi) is 7.95. The van der Waals surface area contributed by atoms with Crippen molar-refractivity contribution < 1.29 is 24.5 Å². The molecule has 36 heavy (non-hydrogen) atoms. The molecule has 0 spiro atoms. The summed E-state index contributed by atoms with van der Waals surface area (Å²) in [5, 5.41) is 3.63. The number of furan rings is 1. The summed E-state index contributed by atoms with van der Waals surface area (Å²) in [6.07, 6.45) is 3.80. The number of rotatable bonds is 3. The Labute approximate surface area is 226 Å². The number of pyridine rings is 2. The van der Waals surface area contributed by atoms with E-state index in [0.717, 1.165) is 44.5 Å². The summed E-state index contributed by atoms with van der Waals surface area (Å²) in [4.78, 5) is 8.90. The smallest absolute Gasteiger partial charge is 0.120 e. The molecule has 0 saturated carbocycles. The fraction of sp³-hybridized carbons (Fsp3) is 0.0968. The Hall–Kier alpha value is -3.37. The van der Waals surface area contributed by atoms with E-state index in [1.807, 2.05) is 79.0 Å². The van der Waals surface area contributed by atoms with Gasteiger partial charge < -0.3 is 14.4 Å².